The molecule has 1 aromatic rings. The molecule has 4 heteroatoms. The summed E-state index contributed by atoms with van der Waals surface area (Å²) >= 11 is 0. The molecular formula is C15H19N3O. The maximum atomic E-state index is 10.9. The van der Waals surface area contributed by atoms with Crippen LogP contribution >= 0.6 is 0 Å². The summed E-state index contributed by atoms with van der Waals surface area (Å²) in [7, 11) is 0. The minimum absolute atomic E-state index is 0.251. The number of carbonyl (C=O) groups is 1. The number of rotatable bonds is 3. The Kier molecular flexibility index (Phi) is 4.61. The van der Waals surface area contributed by atoms with E-state index in [0.717, 1.165) is 37.1 Å². The van der Waals surface area contributed by atoms with Gasteiger partial charge in [0, 0.05) is 36.5 Å². The van der Waals surface area contributed by atoms with Gasteiger partial charge in [0.2, 0.25) is 0 Å². The van der Waals surface area contributed by atoms with E-state index in [2.05, 4.69) is 22.0 Å². The van der Waals surface area contributed by atoms with Gasteiger partial charge in [0.1, 0.15) is 0 Å². The first-order valence-corrected chi connectivity index (χ1v) is 6.44. The third-order valence-corrected chi connectivity index (χ3v) is 3.16. The second kappa shape index (κ2) is 6.64. The highest BCUT2D eigenvalue weighted by atomic mass is 16.1. The van der Waals surface area contributed by atoms with Gasteiger partial charge in [-0.3, -0.25) is 4.79 Å². The van der Waals surface area contributed by atoms with E-state index in [1.165, 1.54) is 6.20 Å². The fourth-order valence-electron chi connectivity index (χ4n) is 2.25. The Bertz CT molecular complexity index is 511. The molecule has 0 radical (unpaired) electrons. The third-order valence-electron chi connectivity index (χ3n) is 3.16. The van der Waals surface area contributed by atoms with E-state index in [0.29, 0.717) is 0 Å². The first-order valence-electron chi connectivity index (χ1n) is 6.44. The molecule has 0 aromatic carbocycles. The van der Waals surface area contributed by atoms with Crippen LogP contribution in [0, 0.1) is 0 Å². The van der Waals surface area contributed by atoms with Crippen molar-refractivity contribution in [1.82, 2.24) is 9.88 Å². The Morgan fingerprint density at radius 2 is 2.32 bits per heavy atom. The molecule has 1 aliphatic heterocycles. The molecule has 19 heavy (non-hydrogen) atoms. The summed E-state index contributed by atoms with van der Waals surface area (Å²) in [6, 6.07) is 1.97. The average Bonchev–Trinajstić information content (AvgIpc) is 2.85. The van der Waals surface area contributed by atoms with Gasteiger partial charge in [-0.25, -0.2) is 0 Å². The molecule has 0 saturated heterocycles. The Balaban J connectivity index is 2.33. The minimum Gasteiger partial charge on any atom is -0.405 e. The summed E-state index contributed by atoms with van der Waals surface area (Å²) in [6.45, 7) is 1.71. The Morgan fingerprint density at radius 3 is 3.11 bits per heavy atom. The van der Waals surface area contributed by atoms with Gasteiger partial charge in [-0.15, -0.1) is 0 Å². The lowest BCUT2D eigenvalue weighted by molar-refractivity contribution is 0.112. The Labute approximate surface area is 113 Å². The molecule has 1 atom stereocenters. The summed E-state index contributed by atoms with van der Waals surface area (Å²) in [5.74, 6) is 0.251. The summed E-state index contributed by atoms with van der Waals surface area (Å²) < 4.78 is 2.14. The van der Waals surface area contributed by atoms with Crippen LogP contribution in [-0.2, 0) is 6.54 Å². The van der Waals surface area contributed by atoms with Gasteiger partial charge in [0.25, 0.3) is 0 Å². The van der Waals surface area contributed by atoms with Crippen LogP contribution in [0.3, 0.4) is 0 Å². The van der Waals surface area contributed by atoms with Gasteiger partial charge < -0.3 is 15.6 Å². The molecule has 0 saturated carbocycles. The molecular weight excluding hydrogens is 238 g/mol. The van der Waals surface area contributed by atoms with E-state index in [9.17, 15) is 4.79 Å². The zero-order valence-electron chi connectivity index (χ0n) is 10.8. The lowest BCUT2D eigenvalue weighted by Gasteiger charge is -2.13. The molecule has 3 N–H and O–H groups in total. The van der Waals surface area contributed by atoms with Gasteiger partial charge in [-0.1, -0.05) is 18.2 Å². The van der Waals surface area contributed by atoms with E-state index in [1.807, 2.05) is 30.6 Å². The number of carbonyl (C=O) groups excluding carboxylic acids is 1. The Morgan fingerprint density at radius 1 is 1.42 bits per heavy atom. The predicted octanol–water partition coefficient (Wildman–Crippen LogP) is 1.92. The maximum Gasteiger partial charge on any atom is 0.151 e. The van der Waals surface area contributed by atoms with Crippen molar-refractivity contribution in [3.63, 3.8) is 0 Å². The normalized spacial score (nSPS) is 21.4. The fraction of sp³-hybridized carbons (Fsp3) is 0.267. The smallest absolute Gasteiger partial charge is 0.151 e. The van der Waals surface area contributed by atoms with Crippen molar-refractivity contribution in [1.29, 1.82) is 0 Å². The van der Waals surface area contributed by atoms with Gasteiger partial charge in [-0.05, 0) is 31.0 Å². The molecule has 2 heterocycles. The molecule has 1 aliphatic rings. The molecule has 1 unspecified atom stereocenters. The van der Waals surface area contributed by atoms with Crippen LogP contribution in [0.5, 0.6) is 0 Å². The fourth-order valence-corrected chi connectivity index (χ4v) is 2.25. The topological polar surface area (TPSA) is 60.0 Å². The minimum atomic E-state index is 0.251. The average molecular weight is 257 g/mol. The van der Waals surface area contributed by atoms with Gasteiger partial charge in [-0.2, -0.15) is 0 Å². The van der Waals surface area contributed by atoms with E-state index in [-0.39, 0.29) is 5.92 Å². The number of fused-ring (bicyclic) bond motifs is 1. The number of hydrogen-bond acceptors (Lipinski definition) is 3. The molecule has 0 amide bonds. The molecule has 0 fully saturated rings. The highest BCUT2D eigenvalue weighted by molar-refractivity contribution is 5.75. The lowest BCUT2D eigenvalue weighted by Crippen LogP contribution is -2.14. The number of nitrogens with one attached hydrogen (secondary N) is 1. The molecule has 0 bridgehead atoms. The number of nitrogens with zero attached hydrogens (tertiary/aromatic N) is 1. The molecule has 0 aliphatic carbocycles. The van der Waals surface area contributed by atoms with Crippen LogP contribution in [0.15, 0.2) is 49.0 Å². The predicted molar refractivity (Wildman–Crippen MR) is 76.8 cm³/mol. The standard InChI is InChI=1S/C15H19N3O/c16-6-2-1-4-14-5-3-7-17-8-9-18-11-13(12-19)10-15(14)18/h1-4,6-7,10-12,14,17H,5,8-9,16H2/b4-1+,6-2-,7-3-. The molecule has 100 valence electrons. The van der Waals surface area contributed by atoms with Crippen molar-refractivity contribution in [3.8, 4) is 0 Å². The molecule has 2 rings (SSSR count). The quantitative estimate of drug-likeness (QED) is 0.642. The molecule has 4 nitrogen and oxygen atoms in total. The second-order valence-corrected chi connectivity index (χ2v) is 4.48. The van der Waals surface area contributed by atoms with Crippen molar-refractivity contribution < 1.29 is 4.79 Å². The summed E-state index contributed by atoms with van der Waals surface area (Å²) in [5.41, 5.74) is 7.23. The number of allylic oxidation sites excluding steroid dienone is 4. The van der Waals surface area contributed by atoms with E-state index in [4.69, 9.17) is 5.73 Å². The SMILES string of the molecule is N/C=C\C=C\C1C/C=C\NCCn2cc(C=O)cc21. The largest absolute Gasteiger partial charge is 0.405 e. The van der Waals surface area contributed by atoms with Gasteiger partial charge in [0.15, 0.2) is 6.29 Å². The second-order valence-electron chi connectivity index (χ2n) is 4.48. The first-order chi connectivity index (χ1) is 9.35. The Hall–Kier alpha value is -2.23. The molecule has 1 aromatic heterocycles. The molecule has 0 spiro atoms. The van der Waals surface area contributed by atoms with Crippen LogP contribution in [0.2, 0.25) is 0 Å². The van der Waals surface area contributed by atoms with E-state index in [1.54, 1.807) is 0 Å². The zero-order valence-corrected chi connectivity index (χ0v) is 10.8. The van der Waals surface area contributed by atoms with Crippen molar-refractivity contribution in [2.24, 2.45) is 5.73 Å². The summed E-state index contributed by atoms with van der Waals surface area (Å²) in [4.78, 5) is 10.9. The van der Waals surface area contributed by atoms with Crippen molar-refractivity contribution in [3.05, 3.63) is 60.2 Å². The monoisotopic (exact) mass is 257 g/mol. The number of aromatic nitrogens is 1. The van der Waals surface area contributed by atoms with Crippen LogP contribution < -0.4 is 11.1 Å². The van der Waals surface area contributed by atoms with Crippen molar-refractivity contribution >= 4 is 6.29 Å². The van der Waals surface area contributed by atoms with Crippen LogP contribution in [0.4, 0.5) is 0 Å². The lowest BCUT2D eigenvalue weighted by atomic mass is 10.00. The maximum absolute atomic E-state index is 10.9. The summed E-state index contributed by atoms with van der Waals surface area (Å²) in [6.07, 6.45) is 15.2. The van der Waals surface area contributed by atoms with Gasteiger partial charge in [0.05, 0.1) is 0 Å². The van der Waals surface area contributed by atoms with Crippen molar-refractivity contribution in [2.45, 2.75) is 18.9 Å². The van der Waals surface area contributed by atoms with Crippen molar-refractivity contribution in [2.75, 3.05) is 6.54 Å². The third kappa shape index (κ3) is 3.37. The first kappa shape index (κ1) is 13.2. The van der Waals surface area contributed by atoms with E-state index < -0.39 is 0 Å². The number of aldehydes is 1. The number of hydrogen-bond donors (Lipinski definition) is 2. The summed E-state index contributed by atoms with van der Waals surface area (Å²) in [5, 5.41) is 3.24. The highest BCUT2D eigenvalue weighted by Gasteiger charge is 2.14. The zero-order chi connectivity index (χ0) is 13.5. The van der Waals surface area contributed by atoms with Crippen LogP contribution in [0.25, 0.3) is 0 Å². The highest BCUT2D eigenvalue weighted by Crippen LogP contribution is 2.24. The van der Waals surface area contributed by atoms with Crippen LogP contribution in [0.1, 0.15) is 28.4 Å². The van der Waals surface area contributed by atoms with Crippen LogP contribution in [-0.4, -0.2) is 17.4 Å². The van der Waals surface area contributed by atoms with E-state index >= 15 is 0 Å². The van der Waals surface area contributed by atoms with Gasteiger partial charge >= 0.3 is 0 Å². The number of nitrogens with two attached hydrogens (primary N) is 1.